The molecule has 0 spiro atoms. The average Bonchev–Trinajstić information content (AvgIpc) is 3.13. The minimum atomic E-state index is -0.953. The first-order chi connectivity index (χ1) is 14.0. The van der Waals surface area contributed by atoms with E-state index in [0.29, 0.717) is 5.92 Å². The maximum absolute atomic E-state index is 12.4. The minimum absolute atomic E-state index is 0.169. The number of allylic oxidation sites excluding steroid dienone is 1. The molecule has 2 aliphatic carbocycles. The zero-order valence-electron chi connectivity index (χ0n) is 19.0. The summed E-state index contributed by atoms with van der Waals surface area (Å²) in [5.41, 5.74) is 1.23. The second kappa shape index (κ2) is 8.35. The summed E-state index contributed by atoms with van der Waals surface area (Å²) < 4.78 is 16.2. The molecule has 0 aromatic heterocycles. The van der Waals surface area contributed by atoms with Crippen LogP contribution in [0.5, 0.6) is 0 Å². The molecular weight excluding hydrogens is 384 g/mol. The maximum Gasteiger partial charge on any atom is 0.347 e. The van der Waals surface area contributed by atoms with Crippen molar-refractivity contribution in [1.29, 1.82) is 0 Å². The van der Waals surface area contributed by atoms with Crippen molar-refractivity contribution < 1.29 is 28.6 Å². The Morgan fingerprint density at radius 3 is 2.53 bits per heavy atom. The predicted octanol–water partition coefficient (Wildman–Crippen LogP) is 4.07. The smallest absolute Gasteiger partial charge is 0.347 e. The van der Waals surface area contributed by atoms with Crippen molar-refractivity contribution in [3.8, 4) is 0 Å². The van der Waals surface area contributed by atoms with Crippen LogP contribution in [0.4, 0.5) is 0 Å². The SMILES string of the molecule is C=C1CCCC(C)(C)C2CCC(C)(C(COC(C)=O)C3COC(=O)C3OC(C)=O)C12. The Morgan fingerprint density at radius 2 is 1.90 bits per heavy atom. The van der Waals surface area contributed by atoms with Gasteiger partial charge in [-0.25, -0.2) is 4.79 Å². The fourth-order valence-corrected chi connectivity index (χ4v) is 6.54. The van der Waals surface area contributed by atoms with E-state index in [0.717, 1.165) is 25.7 Å². The Morgan fingerprint density at radius 1 is 1.20 bits per heavy atom. The number of hydrogen-bond donors (Lipinski definition) is 0. The van der Waals surface area contributed by atoms with Crippen molar-refractivity contribution >= 4 is 17.9 Å². The fourth-order valence-electron chi connectivity index (χ4n) is 6.54. The highest BCUT2D eigenvalue weighted by molar-refractivity contribution is 5.80. The van der Waals surface area contributed by atoms with Crippen molar-refractivity contribution in [2.24, 2.45) is 34.5 Å². The number of hydrogen-bond acceptors (Lipinski definition) is 6. The molecule has 6 unspecified atom stereocenters. The van der Waals surface area contributed by atoms with Crippen LogP contribution in [-0.4, -0.2) is 37.2 Å². The van der Waals surface area contributed by atoms with Crippen molar-refractivity contribution in [1.82, 2.24) is 0 Å². The highest BCUT2D eigenvalue weighted by Gasteiger charge is 2.59. The molecule has 1 heterocycles. The van der Waals surface area contributed by atoms with Crippen LogP contribution in [0.25, 0.3) is 0 Å². The lowest BCUT2D eigenvalue weighted by Crippen LogP contribution is -2.46. The highest BCUT2D eigenvalue weighted by Crippen LogP contribution is 2.63. The number of cyclic esters (lactones) is 1. The molecule has 1 saturated heterocycles. The molecule has 0 radical (unpaired) electrons. The molecule has 168 valence electrons. The summed E-state index contributed by atoms with van der Waals surface area (Å²) in [7, 11) is 0. The van der Waals surface area contributed by atoms with Crippen molar-refractivity contribution in [2.75, 3.05) is 13.2 Å². The van der Waals surface area contributed by atoms with Crippen LogP contribution < -0.4 is 0 Å². The van der Waals surface area contributed by atoms with E-state index in [2.05, 4.69) is 27.4 Å². The van der Waals surface area contributed by atoms with Gasteiger partial charge in [-0.15, -0.1) is 0 Å². The Balaban J connectivity index is 2.00. The summed E-state index contributed by atoms with van der Waals surface area (Å²) in [6.45, 7) is 14.5. The molecule has 6 atom stereocenters. The Labute approximate surface area is 179 Å². The quantitative estimate of drug-likeness (QED) is 0.379. The molecule has 1 aliphatic heterocycles. The van der Waals surface area contributed by atoms with Gasteiger partial charge in [-0.05, 0) is 54.8 Å². The Kier molecular flexibility index (Phi) is 6.35. The minimum Gasteiger partial charge on any atom is -0.466 e. The molecule has 6 nitrogen and oxygen atoms in total. The van der Waals surface area contributed by atoms with E-state index in [1.165, 1.54) is 25.8 Å². The molecule has 0 aromatic carbocycles. The first kappa shape index (κ1) is 22.8. The molecule has 0 amide bonds. The van der Waals surface area contributed by atoms with Gasteiger partial charge in [0.1, 0.15) is 0 Å². The van der Waals surface area contributed by atoms with Crippen LogP contribution in [0.1, 0.15) is 66.7 Å². The van der Waals surface area contributed by atoms with E-state index >= 15 is 0 Å². The van der Waals surface area contributed by atoms with Crippen LogP contribution >= 0.6 is 0 Å². The maximum atomic E-state index is 12.4. The van der Waals surface area contributed by atoms with Crippen molar-refractivity contribution in [2.45, 2.75) is 72.8 Å². The topological polar surface area (TPSA) is 78.9 Å². The third kappa shape index (κ3) is 4.15. The van der Waals surface area contributed by atoms with E-state index in [1.807, 2.05) is 0 Å². The zero-order valence-corrected chi connectivity index (χ0v) is 19.0. The molecule has 3 rings (SSSR count). The normalized spacial score (nSPS) is 36.4. The summed E-state index contributed by atoms with van der Waals surface area (Å²) >= 11 is 0. The lowest BCUT2D eigenvalue weighted by Gasteiger charge is -2.46. The monoisotopic (exact) mass is 420 g/mol. The molecule has 3 fully saturated rings. The van der Waals surface area contributed by atoms with Gasteiger partial charge in [0.15, 0.2) is 0 Å². The third-order valence-electron chi connectivity index (χ3n) is 8.03. The molecule has 3 aliphatic rings. The van der Waals surface area contributed by atoms with E-state index in [9.17, 15) is 14.4 Å². The van der Waals surface area contributed by atoms with Crippen LogP contribution in [0, 0.1) is 34.5 Å². The number of ether oxygens (including phenoxy) is 3. The molecule has 2 saturated carbocycles. The molecule has 0 bridgehead atoms. The van der Waals surface area contributed by atoms with Gasteiger partial charge in [-0.2, -0.15) is 0 Å². The molecule has 30 heavy (non-hydrogen) atoms. The molecule has 6 heteroatoms. The van der Waals surface area contributed by atoms with Crippen LogP contribution in [0.15, 0.2) is 12.2 Å². The number of fused-ring (bicyclic) bond motifs is 1. The van der Waals surface area contributed by atoms with Gasteiger partial charge in [-0.1, -0.05) is 32.9 Å². The second-order valence-electron chi connectivity index (χ2n) is 10.4. The number of carbonyl (C=O) groups is 3. The van der Waals surface area contributed by atoms with Crippen molar-refractivity contribution in [3.63, 3.8) is 0 Å². The highest BCUT2D eigenvalue weighted by atomic mass is 16.6. The first-order valence-corrected chi connectivity index (χ1v) is 11.1. The van der Waals surface area contributed by atoms with Gasteiger partial charge < -0.3 is 14.2 Å². The number of carbonyl (C=O) groups excluding carboxylic acids is 3. The van der Waals surface area contributed by atoms with Gasteiger partial charge in [0, 0.05) is 25.7 Å². The lowest BCUT2D eigenvalue weighted by atomic mass is 9.59. The molecule has 0 N–H and O–H groups in total. The van der Waals surface area contributed by atoms with Gasteiger partial charge in [0.2, 0.25) is 6.10 Å². The summed E-state index contributed by atoms with van der Waals surface area (Å²) in [5, 5.41) is 0. The van der Waals surface area contributed by atoms with Crippen LogP contribution in [0.2, 0.25) is 0 Å². The van der Waals surface area contributed by atoms with Crippen molar-refractivity contribution in [3.05, 3.63) is 12.2 Å². The zero-order chi connectivity index (χ0) is 22.3. The summed E-state index contributed by atoms with van der Waals surface area (Å²) in [5.74, 6) is -1.13. The Bertz CT molecular complexity index is 725. The average molecular weight is 421 g/mol. The Hall–Kier alpha value is -1.85. The van der Waals surface area contributed by atoms with E-state index < -0.39 is 18.0 Å². The summed E-state index contributed by atoms with van der Waals surface area (Å²) in [4.78, 5) is 35.7. The van der Waals surface area contributed by atoms with E-state index in [-0.39, 0.29) is 47.8 Å². The molecular formula is C24H36O6. The molecule has 0 aromatic rings. The van der Waals surface area contributed by atoms with E-state index in [4.69, 9.17) is 14.2 Å². The van der Waals surface area contributed by atoms with Gasteiger partial charge >= 0.3 is 17.9 Å². The third-order valence-corrected chi connectivity index (χ3v) is 8.03. The number of rotatable bonds is 5. The van der Waals surface area contributed by atoms with Crippen LogP contribution in [0.3, 0.4) is 0 Å². The fraction of sp³-hybridized carbons (Fsp3) is 0.792. The first-order valence-electron chi connectivity index (χ1n) is 11.1. The second-order valence-corrected chi connectivity index (χ2v) is 10.4. The summed E-state index contributed by atoms with van der Waals surface area (Å²) in [6, 6.07) is 0. The van der Waals surface area contributed by atoms with Gasteiger partial charge in [-0.3, -0.25) is 9.59 Å². The standard InChI is InChI=1S/C24H36O6/c1-14-8-7-10-23(4,5)18-9-11-24(6,20(14)18)19(13-28-15(2)25)17-12-29-22(27)21(17)30-16(3)26/h17-21H,1,7-13H2,2-6H3. The largest absolute Gasteiger partial charge is 0.466 e. The lowest BCUT2D eigenvalue weighted by molar-refractivity contribution is -0.162. The number of esters is 3. The van der Waals surface area contributed by atoms with Crippen LogP contribution in [-0.2, 0) is 28.6 Å². The van der Waals surface area contributed by atoms with Gasteiger partial charge in [0.25, 0.3) is 0 Å². The summed E-state index contributed by atoms with van der Waals surface area (Å²) in [6.07, 6.45) is 4.36. The predicted molar refractivity (Wildman–Crippen MR) is 111 cm³/mol. The van der Waals surface area contributed by atoms with Gasteiger partial charge in [0.05, 0.1) is 13.2 Å². The van der Waals surface area contributed by atoms with E-state index in [1.54, 1.807) is 0 Å².